The molecule has 1 heterocycles. The fourth-order valence-corrected chi connectivity index (χ4v) is 2.04. The van der Waals surface area contributed by atoms with E-state index in [-0.39, 0.29) is 0 Å². The predicted octanol–water partition coefficient (Wildman–Crippen LogP) is 3.33. The Bertz CT molecular complexity index is 482. The molecule has 0 aliphatic heterocycles. The molecule has 2 rings (SSSR count). The smallest absolute Gasteiger partial charge is 0.150 e. The van der Waals surface area contributed by atoms with Crippen LogP contribution >= 0.6 is 31.9 Å². The lowest BCUT2D eigenvalue weighted by Crippen LogP contribution is -1.92. The van der Waals surface area contributed by atoms with Crippen molar-refractivity contribution in [2.75, 3.05) is 0 Å². The van der Waals surface area contributed by atoms with E-state index in [9.17, 15) is 0 Å². The summed E-state index contributed by atoms with van der Waals surface area (Å²) in [5.74, 6) is 0.678. The zero-order chi connectivity index (χ0) is 10.8. The SMILES string of the molecule is NCc1cc(-c2cc(Br)ccc2Br)no1. The molecule has 0 aliphatic carbocycles. The summed E-state index contributed by atoms with van der Waals surface area (Å²) in [6.45, 7) is 0.360. The minimum atomic E-state index is 0.360. The first-order valence-corrected chi connectivity index (χ1v) is 5.90. The summed E-state index contributed by atoms with van der Waals surface area (Å²) in [5.41, 5.74) is 7.22. The third-order valence-electron chi connectivity index (χ3n) is 1.96. The molecular weight excluding hydrogens is 324 g/mol. The molecule has 0 amide bonds. The Hall–Kier alpha value is -0.650. The molecule has 15 heavy (non-hydrogen) atoms. The van der Waals surface area contributed by atoms with Gasteiger partial charge in [0.05, 0.1) is 6.54 Å². The van der Waals surface area contributed by atoms with Crippen LogP contribution in [0.15, 0.2) is 37.7 Å². The third-order valence-corrected chi connectivity index (χ3v) is 3.15. The molecule has 1 aromatic heterocycles. The van der Waals surface area contributed by atoms with Gasteiger partial charge in [0.25, 0.3) is 0 Å². The highest BCUT2D eigenvalue weighted by molar-refractivity contribution is 9.11. The van der Waals surface area contributed by atoms with Crippen molar-refractivity contribution in [1.82, 2.24) is 5.16 Å². The number of aromatic nitrogens is 1. The zero-order valence-electron chi connectivity index (χ0n) is 7.71. The fraction of sp³-hybridized carbons (Fsp3) is 0.100. The number of hydrogen-bond acceptors (Lipinski definition) is 3. The van der Waals surface area contributed by atoms with Gasteiger partial charge < -0.3 is 10.3 Å². The Morgan fingerprint density at radius 1 is 1.27 bits per heavy atom. The van der Waals surface area contributed by atoms with E-state index in [1.54, 1.807) is 0 Å². The monoisotopic (exact) mass is 330 g/mol. The third kappa shape index (κ3) is 2.30. The molecule has 2 N–H and O–H groups in total. The summed E-state index contributed by atoms with van der Waals surface area (Å²) in [5, 5.41) is 3.95. The maximum absolute atomic E-state index is 5.45. The van der Waals surface area contributed by atoms with Crippen molar-refractivity contribution in [1.29, 1.82) is 0 Å². The van der Waals surface area contributed by atoms with Gasteiger partial charge in [0.1, 0.15) is 5.69 Å². The molecule has 3 nitrogen and oxygen atoms in total. The van der Waals surface area contributed by atoms with Crippen molar-refractivity contribution in [2.24, 2.45) is 5.73 Å². The van der Waals surface area contributed by atoms with Gasteiger partial charge in [-0.3, -0.25) is 0 Å². The van der Waals surface area contributed by atoms with E-state index in [1.165, 1.54) is 0 Å². The molecule has 0 radical (unpaired) electrons. The lowest BCUT2D eigenvalue weighted by molar-refractivity contribution is 0.387. The Kier molecular flexibility index (Phi) is 3.23. The van der Waals surface area contributed by atoms with Gasteiger partial charge >= 0.3 is 0 Å². The van der Waals surface area contributed by atoms with Crippen LogP contribution in [0.25, 0.3) is 11.3 Å². The summed E-state index contributed by atoms with van der Waals surface area (Å²) < 4.78 is 7.02. The Morgan fingerprint density at radius 2 is 2.07 bits per heavy atom. The zero-order valence-corrected chi connectivity index (χ0v) is 10.9. The minimum Gasteiger partial charge on any atom is -0.359 e. The van der Waals surface area contributed by atoms with Crippen LogP contribution < -0.4 is 5.73 Å². The first-order valence-electron chi connectivity index (χ1n) is 4.32. The van der Waals surface area contributed by atoms with Crippen LogP contribution in [-0.4, -0.2) is 5.16 Å². The minimum absolute atomic E-state index is 0.360. The molecule has 0 fully saturated rings. The topological polar surface area (TPSA) is 52.0 Å². The molecule has 0 spiro atoms. The Balaban J connectivity index is 2.48. The van der Waals surface area contributed by atoms with Gasteiger partial charge in [-0.1, -0.05) is 37.0 Å². The Labute approximate surface area is 104 Å². The molecule has 0 saturated carbocycles. The summed E-state index contributed by atoms with van der Waals surface area (Å²) in [7, 11) is 0. The van der Waals surface area contributed by atoms with Crippen LogP contribution in [-0.2, 0) is 6.54 Å². The summed E-state index contributed by atoms with van der Waals surface area (Å²) in [6, 6.07) is 7.72. The van der Waals surface area contributed by atoms with Crippen LogP contribution in [0.1, 0.15) is 5.76 Å². The van der Waals surface area contributed by atoms with Gasteiger partial charge in [0, 0.05) is 20.6 Å². The van der Waals surface area contributed by atoms with Crippen molar-refractivity contribution in [3.05, 3.63) is 39.0 Å². The van der Waals surface area contributed by atoms with Crippen molar-refractivity contribution in [3.8, 4) is 11.3 Å². The van der Waals surface area contributed by atoms with E-state index in [1.807, 2.05) is 24.3 Å². The van der Waals surface area contributed by atoms with E-state index in [2.05, 4.69) is 37.0 Å². The van der Waals surface area contributed by atoms with E-state index in [0.717, 1.165) is 20.2 Å². The van der Waals surface area contributed by atoms with Crippen LogP contribution in [0.4, 0.5) is 0 Å². The average molecular weight is 332 g/mol. The van der Waals surface area contributed by atoms with Gasteiger partial charge in [-0.2, -0.15) is 0 Å². The van der Waals surface area contributed by atoms with Crippen molar-refractivity contribution in [2.45, 2.75) is 6.54 Å². The highest BCUT2D eigenvalue weighted by Gasteiger charge is 2.09. The molecule has 0 bridgehead atoms. The number of rotatable bonds is 2. The highest BCUT2D eigenvalue weighted by Crippen LogP contribution is 2.30. The van der Waals surface area contributed by atoms with E-state index in [4.69, 9.17) is 10.3 Å². The second-order valence-electron chi connectivity index (χ2n) is 3.01. The second-order valence-corrected chi connectivity index (χ2v) is 4.78. The normalized spacial score (nSPS) is 10.6. The van der Waals surface area contributed by atoms with Gasteiger partial charge in [0.15, 0.2) is 5.76 Å². The average Bonchev–Trinajstić information content (AvgIpc) is 2.70. The lowest BCUT2D eigenvalue weighted by atomic mass is 10.1. The number of hydrogen-bond donors (Lipinski definition) is 1. The van der Waals surface area contributed by atoms with Crippen LogP contribution in [0.3, 0.4) is 0 Å². The standard InChI is InChI=1S/C10H8Br2N2O/c11-6-1-2-9(12)8(3-6)10-4-7(5-13)15-14-10/h1-4H,5,13H2. The largest absolute Gasteiger partial charge is 0.359 e. The first-order chi connectivity index (χ1) is 7.20. The molecule has 0 unspecified atom stereocenters. The maximum atomic E-state index is 5.45. The summed E-state index contributed by atoms with van der Waals surface area (Å²) >= 11 is 6.88. The highest BCUT2D eigenvalue weighted by atomic mass is 79.9. The number of nitrogens with zero attached hydrogens (tertiary/aromatic N) is 1. The second kappa shape index (κ2) is 4.47. The fourth-order valence-electron chi connectivity index (χ4n) is 1.23. The van der Waals surface area contributed by atoms with Gasteiger partial charge in [0.2, 0.25) is 0 Å². The molecule has 2 aromatic rings. The van der Waals surface area contributed by atoms with Crippen molar-refractivity contribution >= 4 is 31.9 Å². The lowest BCUT2D eigenvalue weighted by Gasteiger charge is -2.00. The van der Waals surface area contributed by atoms with E-state index >= 15 is 0 Å². The van der Waals surface area contributed by atoms with E-state index in [0.29, 0.717) is 12.3 Å². The number of benzene rings is 1. The first kappa shape index (κ1) is 10.9. The number of halogens is 2. The molecule has 78 valence electrons. The summed E-state index contributed by atoms with van der Waals surface area (Å²) in [6.07, 6.45) is 0. The van der Waals surface area contributed by atoms with E-state index < -0.39 is 0 Å². The molecule has 1 aromatic carbocycles. The quantitative estimate of drug-likeness (QED) is 0.918. The van der Waals surface area contributed by atoms with Crippen molar-refractivity contribution in [3.63, 3.8) is 0 Å². The van der Waals surface area contributed by atoms with Crippen LogP contribution in [0.5, 0.6) is 0 Å². The molecule has 0 aliphatic rings. The Morgan fingerprint density at radius 3 is 2.73 bits per heavy atom. The van der Waals surface area contributed by atoms with Crippen LogP contribution in [0.2, 0.25) is 0 Å². The molecule has 5 heteroatoms. The van der Waals surface area contributed by atoms with Crippen molar-refractivity contribution < 1.29 is 4.52 Å². The van der Waals surface area contributed by atoms with Crippen LogP contribution in [0, 0.1) is 0 Å². The maximum Gasteiger partial charge on any atom is 0.150 e. The molecular formula is C10H8Br2N2O. The van der Waals surface area contributed by atoms with Gasteiger partial charge in [-0.15, -0.1) is 0 Å². The van der Waals surface area contributed by atoms with Gasteiger partial charge in [-0.05, 0) is 18.2 Å². The molecule has 0 atom stereocenters. The summed E-state index contributed by atoms with van der Waals surface area (Å²) in [4.78, 5) is 0. The number of nitrogens with two attached hydrogens (primary N) is 1. The molecule has 0 saturated heterocycles. The predicted molar refractivity (Wildman–Crippen MR) is 65.2 cm³/mol. The van der Waals surface area contributed by atoms with Gasteiger partial charge in [-0.25, -0.2) is 0 Å².